The van der Waals surface area contributed by atoms with Crippen molar-refractivity contribution in [2.75, 3.05) is 33.3 Å². The summed E-state index contributed by atoms with van der Waals surface area (Å²) < 4.78 is 16.9. The van der Waals surface area contributed by atoms with Crippen LogP contribution in [0.1, 0.15) is 17.7 Å². The molecule has 156 valence electrons. The van der Waals surface area contributed by atoms with E-state index >= 15 is 0 Å². The first-order valence-electron chi connectivity index (χ1n) is 9.83. The Kier molecular flexibility index (Phi) is 4.56. The number of benzene rings is 1. The average molecular weight is 408 g/mol. The maximum atomic E-state index is 5.90. The molecular formula is C21H24N6O3. The number of aromatic nitrogens is 5. The van der Waals surface area contributed by atoms with Crippen molar-refractivity contribution >= 4 is 33.4 Å². The fourth-order valence-corrected chi connectivity index (χ4v) is 4.39. The van der Waals surface area contributed by atoms with E-state index in [1.165, 1.54) is 11.3 Å². The highest BCUT2D eigenvalue weighted by molar-refractivity contribution is 5.95. The van der Waals surface area contributed by atoms with Crippen LogP contribution in [0.5, 0.6) is 5.75 Å². The topological polar surface area (TPSA) is 110 Å². The van der Waals surface area contributed by atoms with E-state index in [0.717, 1.165) is 52.7 Å². The van der Waals surface area contributed by atoms with E-state index < -0.39 is 0 Å². The van der Waals surface area contributed by atoms with E-state index in [1.54, 1.807) is 33.9 Å². The van der Waals surface area contributed by atoms with Crippen LogP contribution in [0, 0.1) is 0 Å². The summed E-state index contributed by atoms with van der Waals surface area (Å²) in [5.41, 5.74) is 4.53. The zero-order chi connectivity index (χ0) is 20.7. The van der Waals surface area contributed by atoms with Crippen LogP contribution in [0.3, 0.4) is 0 Å². The molecule has 4 aromatic rings. The molecule has 1 unspecified atom stereocenters. The second-order valence-electron chi connectivity index (χ2n) is 7.66. The Morgan fingerprint density at radius 1 is 1.20 bits per heavy atom. The van der Waals surface area contributed by atoms with Gasteiger partial charge in [-0.1, -0.05) is 0 Å². The van der Waals surface area contributed by atoms with E-state index in [9.17, 15) is 0 Å². The van der Waals surface area contributed by atoms with Crippen molar-refractivity contribution in [3.63, 3.8) is 0 Å². The van der Waals surface area contributed by atoms with Gasteiger partial charge in [0.25, 0.3) is 0 Å². The Labute approximate surface area is 173 Å². The zero-order valence-corrected chi connectivity index (χ0v) is 17.2. The number of anilines is 2. The fourth-order valence-electron chi connectivity index (χ4n) is 4.39. The smallest absolute Gasteiger partial charge is 0.144 e. The molecule has 0 bridgehead atoms. The van der Waals surface area contributed by atoms with Gasteiger partial charge in [-0.3, -0.25) is 5.10 Å². The number of rotatable bonds is 6. The summed E-state index contributed by atoms with van der Waals surface area (Å²) in [6.07, 6.45) is 5.83. The molecule has 0 fully saturated rings. The van der Waals surface area contributed by atoms with Crippen molar-refractivity contribution in [2.24, 2.45) is 0 Å². The molecule has 3 aromatic heterocycles. The van der Waals surface area contributed by atoms with Gasteiger partial charge >= 0.3 is 0 Å². The molecule has 1 aliphatic rings. The maximum absolute atomic E-state index is 5.90. The monoisotopic (exact) mass is 408 g/mol. The summed E-state index contributed by atoms with van der Waals surface area (Å²) in [6.45, 7) is 0.539. The number of aromatic amines is 2. The van der Waals surface area contributed by atoms with Gasteiger partial charge in [-0.2, -0.15) is 5.10 Å². The quantitative estimate of drug-likeness (QED) is 0.450. The van der Waals surface area contributed by atoms with E-state index in [0.29, 0.717) is 12.4 Å². The van der Waals surface area contributed by atoms with Gasteiger partial charge < -0.3 is 24.5 Å². The molecule has 1 atom stereocenters. The molecule has 0 radical (unpaired) electrons. The van der Waals surface area contributed by atoms with Crippen molar-refractivity contribution in [2.45, 2.75) is 24.9 Å². The third kappa shape index (κ3) is 2.98. The lowest BCUT2D eigenvalue weighted by molar-refractivity contribution is -0.0721. The van der Waals surface area contributed by atoms with E-state index in [1.807, 2.05) is 12.1 Å². The first-order valence-corrected chi connectivity index (χ1v) is 9.83. The standard InChI is InChI=1S/C21H24N6O3/c1-28-10-21(30-3)5-4-14-13(8-21)18-19(25-14)22-11-23-20(18)26-16-6-12-9-24-27-15(12)7-17(16)29-2/h6-7,9,11H,4-5,8,10H2,1-3H3,(H,24,27)(H2,22,23,25,26). The number of hydrogen-bond acceptors (Lipinski definition) is 7. The van der Waals surface area contributed by atoms with Crippen LogP contribution in [0.15, 0.2) is 24.7 Å². The van der Waals surface area contributed by atoms with Gasteiger partial charge in [0.05, 0.1) is 42.1 Å². The minimum Gasteiger partial charge on any atom is -0.494 e. The molecule has 0 saturated heterocycles. The van der Waals surface area contributed by atoms with Gasteiger partial charge in [-0.15, -0.1) is 0 Å². The highest BCUT2D eigenvalue weighted by Gasteiger charge is 2.37. The molecule has 0 amide bonds. The molecule has 9 nitrogen and oxygen atoms in total. The number of aryl methyl sites for hydroxylation is 1. The van der Waals surface area contributed by atoms with Crippen molar-refractivity contribution in [1.82, 2.24) is 25.1 Å². The zero-order valence-electron chi connectivity index (χ0n) is 17.2. The number of nitrogens with zero attached hydrogens (tertiary/aromatic N) is 3. The highest BCUT2D eigenvalue weighted by Crippen LogP contribution is 2.39. The first-order chi connectivity index (χ1) is 14.7. The Balaban J connectivity index is 1.61. The third-order valence-electron chi connectivity index (χ3n) is 5.97. The maximum Gasteiger partial charge on any atom is 0.144 e. The Hall–Kier alpha value is -3.17. The van der Waals surface area contributed by atoms with Crippen molar-refractivity contribution < 1.29 is 14.2 Å². The summed E-state index contributed by atoms with van der Waals surface area (Å²) in [5, 5.41) is 12.5. The fraction of sp³-hybridized carbons (Fsp3) is 0.381. The van der Waals surface area contributed by atoms with Gasteiger partial charge in [-0.05, 0) is 24.5 Å². The molecule has 1 aromatic carbocycles. The predicted octanol–water partition coefficient (Wildman–Crippen LogP) is 3.11. The number of methoxy groups -OCH3 is 3. The van der Waals surface area contributed by atoms with Gasteiger partial charge in [0.1, 0.15) is 23.5 Å². The minimum absolute atomic E-state index is 0.350. The molecule has 0 aliphatic heterocycles. The SMILES string of the molecule is COCC1(OC)CCc2[nH]c3ncnc(Nc4cc5cn[nH]c5cc4OC)c3c2C1. The van der Waals surface area contributed by atoms with Gasteiger partial charge in [-0.25, -0.2) is 9.97 Å². The minimum atomic E-state index is -0.350. The van der Waals surface area contributed by atoms with Crippen LogP contribution in [0.2, 0.25) is 0 Å². The summed E-state index contributed by atoms with van der Waals surface area (Å²) in [5.74, 6) is 1.43. The van der Waals surface area contributed by atoms with E-state index in [-0.39, 0.29) is 5.60 Å². The summed E-state index contributed by atoms with van der Waals surface area (Å²) in [6, 6.07) is 3.92. The normalized spacial score (nSPS) is 18.6. The Bertz CT molecular complexity index is 1220. The van der Waals surface area contributed by atoms with Crippen LogP contribution in [-0.2, 0) is 22.3 Å². The second kappa shape index (κ2) is 7.26. The molecule has 3 heterocycles. The number of hydrogen-bond donors (Lipinski definition) is 3. The number of H-pyrrole nitrogens is 2. The number of nitrogens with one attached hydrogen (secondary N) is 3. The molecular weight excluding hydrogens is 384 g/mol. The Morgan fingerprint density at radius 3 is 2.90 bits per heavy atom. The van der Waals surface area contributed by atoms with Crippen molar-refractivity contribution in [1.29, 1.82) is 0 Å². The van der Waals surface area contributed by atoms with Crippen LogP contribution < -0.4 is 10.1 Å². The van der Waals surface area contributed by atoms with Gasteiger partial charge in [0, 0.05) is 37.8 Å². The van der Waals surface area contributed by atoms with Gasteiger partial charge in [0.2, 0.25) is 0 Å². The van der Waals surface area contributed by atoms with Crippen molar-refractivity contribution in [3.05, 3.63) is 35.9 Å². The average Bonchev–Trinajstić information content (AvgIpc) is 3.37. The molecule has 0 saturated carbocycles. The van der Waals surface area contributed by atoms with E-state index in [4.69, 9.17) is 14.2 Å². The lowest BCUT2D eigenvalue weighted by Crippen LogP contribution is -2.42. The second-order valence-corrected chi connectivity index (χ2v) is 7.66. The van der Waals surface area contributed by atoms with Crippen LogP contribution in [0.4, 0.5) is 11.5 Å². The third-order valence-corrected chi connectivity index (χ3v) is 5.97. The van der Waals surface area contributed by atoms with Crippen LogP contribution in [-0.4, -0.2) is 58.7 Å². The van der Waals surface area contributed by atoms with Crippen LogP contribution >= 0.6 is 0 Å². The molecule has 1 aliphatic carbocycles. The van der Waals surface area contributed by atoms with E-state index in [2.05, 4.69) is 30.5 Å². The molecule has 30 heavy (non-hydrogen) atoms. The largest absolute Gasteiger partial charge is 0.494 e. The molecule has 9 heteroatoms. The molecule has 0 spiro atoms. The number of fused-ring (bicyclic) bond motifs is 4. The lowest BCUT2D eigenvalue weighted by Gasteiger charge is -2.35. The molecule has 5 rings (SSSR count). The number of ether oxygens (including phenoxy) is 3. The van der Waals surface area contributed by atoms with Crippen molar-refractivity contribution in [3.8, 4) is 5.75 Å². The lowest BCUT2D eigenvalue weighted by atomic mass is 9.83. The highest BCUT2D eigenvalue weighted by atomic mass is 16.5. The summed E-state index contributed by atoms with van der Waals surface area (Å²) in [4.78, 5) is 12.5. The van der Waals surface area contributed by atoms with Crippen LogP contribution in [0.25, 0.3) is 21.9 Å². The Morgan fingerprint density at radius 2 is 2.10 bits per heavy atom. The predicted molar refractivity (Wildman–Crippen MR) is 113 cm³/mol. The first kappa shape index (κ1) is 18.8. The summed E-state index contributed by atoms with van der Waals surface area (Å²) in [7, 11) is 5.10. The van der Waals surface area contributed by atoms with Gasteiger partial charge in [0.15, 0.2) is 0 Å². The summed E-state index contributed by atoms with van der Waals surface area (Å²) >= 11 is 0. The molecule has 3 N–H and O–H groups in total.